The number of methoxy groups -OCH3 is 2. The first kappa shape index (κ1) is 20.8. The lowest BCUT2D eigenvalue weighted by atomic mass is 10.1. The van der Waals surface area contributed by atoms with Gasteiger partial charge in [0.2, 0.25) is 0 Å². The number of nitrogens with one attached hydrogen (secondary N) is 2. The summed E-state index contributed by atoms with van der Waals surface area (Å²) in [5, 5.41) is 6.60. The third-order valence-electron chi connectivity index (χ3n) is 4.56. The number of anilines is 1. The largest absolute Gasteiger partial charge is 0.496 e. The first-order valence-electron chi connectivity index (χ1n) is 8.74. The van der Waals surface area contributed by atoms with Crippen LogP contribution in [0, 0.1) is 0 Å². The Bertz CT molecular complexity index is 614. The highest BCUT2D eigenvalue weighted by Crippen LogP contribution is 2.30. The van der Waals surface area contributed by atoms with Gasteiger partial charge in [-0.2, -0.15) is 0 Å². The summed E-state index contributed by atoms with van der Waals surface area (Å²) >= 11 is 6.25. The zero-order valence-electron chi connectivity index (χ0n) is 16.0. The molecule has 0 bridgehead atoms. The van der Waals surface area contributed by atoms with E-state index in [1.54, 1.807) is 33.4 Å². The van der Waals surface area contributed by atoms with Crippen molar-refractivity contribution in [2.24, 2.45) is 0 Å². The number of nitrogens with zero attached hydrogens (tertiary/aromatic N) is 2. The van der Waals surface area contributed by atoms with Crippen molar-refractivity contribution in [2.45, 2.75) is 6.04 Å². The van der Waals surface area contributed by atoms with Gasteiger partial charge in [-0.1, -0.05) is 11.6 Å². The van der Waals surface area contributed by atoms with Gasteiger partial charge in [0, 0.05) is 52.9 Å². The fourth-order valence-corrected chi connectivity index (χ4v) is 3.37. The molecule has 0 aromatic heterocycles. The van der Waals surface area contributed by atoms with E-state index in [1.165, 1.54) is 0 Å². The highest BCUT2D eigenvalue weighted by Gasteiger charge is 2.24. The van der Waals surface area contributed by atoms with Gasteiger partial charge < -0.3 is 25.0 Å². The Kier molecular flexibility index (Phi) is 7.96. The summed E-state index contributed by atoms with van der Waals surface area (Å²) < 4.78 is 10.6. The second-order valence-corrected chi connectivity index (χ2v) is 6.92. The molecule has 1 fully saturated rings. The normalized spacial score (nSPS) is 19.0. The van der Waals surface area contributed by atoms with Gasteiger partial charge in [-0.3, -0.25) is 9.69 Å². The summed E-state index contributed by atoms with van der Waals surface area (Å²) in [7, 11) is 7.09. The van der Waals surface area contributed by atoms with Crippen LogP contribution in [0.2, 0.25) is 5.02 Å². The van der Waals surface area contributed by atoms with Crippen molar-refractivity contribution in [3.8, 4) is 5.75 Å². The molecule has 0 radical (unpaired) electrons. The molecule has 1 unspecified atom stereocenters. The first-order chi connectivity index (χ1) is 12.5. The van der Waals surface area contributed by atoms with Crippen molar-refractivity contribution in [3.05, 3.63) is 22.7 Å². The quantitative estimate of drug-likeness (QED) is 0.740. The van der Waals surface area contributed by atoms with E-state index in [1.807, 2.05) is 0 Å². The van der Waals surface area contributed by atoms with Crippen molar-refractivity contribution in [1.82, 2.24) is 15.1 Å². The van der Waals surface area contributed by atoms with E-state index in [2.05, 4.69) is 27.5 Å². The highest BCUT2D eigenvalue weighted by atomic mass is 35.5. The van der Waals surface area contributed by atoms with Crippen molar-refractivity contribution < 1.29 is 14.3 Å². The molecule has 1 aliphatic rings. The molecule has 26 heavy (non-hydrogen) atoms. The van der Waals surface area contributed by atoms with Crippen LogP contribution in [-0.2, 0) is 4.74 Å². The zero-order chi connectivity index (χ0) is 19.1. The minimum absolute atomic E-state index is 0.0133. The monoisotopic (exact) mass is 384 g/mol. The predicted octanol–water partition coefficient (Wildman–Crippen LogP) is 1.38. The van der Waals surface area contributed by atoms with Crippen LogP contribution in [0.25, 0.3) is 0 Å². The van der Waals surface area contributed by atoms with Crippen molar-refractivity contribution in [2.75, 3.05) is 73.0 Å². The number of benzene rings is 1. The van der Waals surface area contributed by atoms with Gasteiger partial charge in [0.25, 0.3) is 5.91 Å². The van der Waals surface area contributed by atoms with Crippen molar-refractivity contribution in [1.29, 1.82) is 0 Å². The zero-order valence-corrected chi connectivity index (χ0v) is 16.7. The van der Waals surface area contributed by atoms with Crippen molar-refractivity contribution >= 4 is 23.2 Å². The minimum Gasteiger partial charge on any atom is -0.496 e. The Morgan fingerprint density at radius 2 is 2.08 bits per heavy atom. The molecule has 1 aliphatic heterocycles. The summed E-state index contributed by atoms with van der Waals surface area (Å²) in [6.45, 7) is 5.02. The van der Waals surface area contributed by atoms with Crippen LogP contribution < -0.4 is 15.4 Å². The Morgan fingerprint density at radius 3 is 2.73 bits per heavy atom. The van der Waals surface area contributed by atoms with Gasteiger partial charge in [0.1, 0.15) is 5.75 Å². The maximum Gasteiger partial charge on any atom is 0.255 e. The lowest BCUT2D eigenvalue weighted by molar-refractivity contribution is 0.0916. The molecular formula is C18H29ClN4O3. The molecule has 1 saturated heterocycles. The van der Waals surface area contributed by atoms with E-state index in [9.17, 15) is 4.79 Å². The molecule has 1 aromatic carbocycles. The Morgan fingerprint density at radius 1 is 1.31 bits per heavy atom. The van der Waals surface area contributed by atoms with Gasteiger partial charge in [-0.15, -0.1) is 0 Å². The van der Waals surface area contributed by atoms with Crippen LogP contribution in [0.15, 0.2) is 12.1 Å². The van der Waals surface area contributed by atoms with Gasteiger partial charge in [0.15, 0.2) is 0 Å². The van der Waals surface area contributed by atoms with Crippen LogP contribution in [-0.4, -0.2) is 89.4 Å². The molecule has 7 nitrogen and oxygen atoms in total. The van der Waals surface area contributed by atoms with E-state index in [-0.39, 0.29) is 11.9 Å². The van der Waals surface area contributed by atoms with Gasteiger partial charge in [0.05, 0.1) is 36.0 Å². The molecule has 1 aromatic rings. The summed E-state index contributed by atoms with van der Waals surface area (Å²) in [5.41, 5.74) is 1.16. The van der Waals surface area contributed by atoms with E-state index < -0.39 is 0 Å². The third kappa shape index (κ3) is 5.48. The average molecular weight is 385 g/mol. The van der Waals surface area contributed by atoms with Crippen LogP contribution in [0.3, 0.4) is 0 Å². The standard InChI is InChI=1S/C18H29ClN4O3/c1-20-16-10-17(26-4)14(9-15(16)19)18(24)21-13-11-22(2)5-6-23(12-13)7-8-25-3/h9-10,13,20H,5-8,11-12H2,1-4H3,(H,21,24). The molecule has 1 amide bonds. The predicted molar refractivity (Wildman–Crippen MR) is 105 cm³/mol. The summed E-state index contributed by atoms with van der Waals surface area (Å²) in [6.07, 6.45) is 0. The van der Waals surface area contributed by atoms with Gasteiger partial charge in [-0.25, -0.2) is 0 Å². The second-order valence-electron chi connectivity index (χ2n) is 6.51. The SMILES string of the molecule is CNc1cc(OC)c(C(=O)NC2CN(C)CCN(CCOC)C2)cc1Cl. The van der Waals surface area contributed by atoms with Gasteiger partial charge >= 0.3 is 0 Å². The summed E-state index contributed by atoms with van der Waals surface area (Å²) in [4.78, 5) is 17.4. The molecule has 0 spiro atoms. The average Bonchev–Trinajstić information content (AvgIpc) is 2.80. The minimum atomic E-state index is -0.182. The van der Waals surface area contributed by atoms with Crippen LogP contribution in [0.5, 0.6) is 5.75 Å². The number of likely N-dealkylation sites (N-methyl/N-ethyl adjacent to an activating group) is 1. The Balaban J connectivity index is 2.13. The maximum absolute atomic E-state index is 12.9. The topological polar surface area (TPSA) is 66.1 Å². The maximum atomic E-state index is 12.9. The number of hydrogen-bond acceptors (Lipinski definition) is 6. The first-order valence-corrected chi connectivity index (χ1v) is 9.12. The molecule has 0 aliphatic carbocycles. The number of carbonyl (C=O) groups excluding carboxylic acids is 1. The third-order valence-corrected chi connectivity index (χ3v) is 4.87. The fourth-order valence-electron chi connectivity index (χ4n) is 3.11. The lowest BCUT2D eigenvalue weighted by Crippen LogP contribution is -2.46. The number of rotatable bonds is 7. The number of carbonyl (C=O) groups is 1. The van der Waals surface area contributed by atoms with E-state index in [4.69, 9.17) is 21.1 Å². The Hall–Kier alpha value is -1.54. The lowest BCUT2D eigenvalue weighted by Gasteiger charge is -2.25. The van der Waals surface area contributed by atoms with Crippen LogP contribution in [0.1, 0.15) is 10.4 Å². The van der Waals surface area contributed by atoms with Crippen LogP contribution in [0.4, 0.5) is 5.69 Å². The van der Waals surface area contributed by atoms with Crippen molar-refractivity contribution in [3.63, 3.8) is 0 Å². The summed E-state index contributed by atoms with van der Waals surface area (Å²) in [6, 6.07) is 3.39. The number of amides is 1. The Labute approximate surface area is 160 Å². The molecule has 1 heterocycles. The molecule has 8 heteroatoms. The summed E-state index contributed by atoms with van der Waals surface area (Å²) in [5.74, 6) is 0.313. The number of hydrogen-bond donors (Lipinski definition) is 2. The molecule has 2 rings (SSSR count). The molecule has 1 atom stereocenters. The second kappa shape index (κ2) is 9.97. The molecule has 2 N–H and O–H groups in total. The smallest absolute Gasteiger partial charge is 0.255 e. The van der Waals surface area contributed by atoms with E-state index in [0.717, 1.165) is 38.4 Å². The van der Waals surface area contributed by atoms with Crippen LogP contribution >= 0.6 is 11.6 Å². The van der Waals surface area contributed by atoms with E-state index >= 15 is 0 Å². The highest BCUT2D eigenvalue weighted by molar-refractivity contribution is 6.33. The number of halogens is 1. The van der Waals surface area contributed by atoms with E-state index in [0.29, 0.717) is 22.9 Å². The molecular weight excluding hydrogens is 356 g/mol. The number of ether oxygens (including phenoxy) is 2. The molecule has 146 valence electrons. The van der Waals surface area contributed by atoms with Gasteiger partial charge in [-0.05, 0) is 13.1 Å². The molecule has 0 saturated carbocycles. The fraction of sp³-hybridized carbons (Fsp3) is 0.611.